The van der Waals surface area contributed by atoms with E-state index in [1.165, 1.54) is 16.3 Å². The molecule has 0 aliphatic heterocycles. The van der Waals surface area contributed by atoms with Gasteiger partial charge in [0.05, 0.1) is 0 Å². The molecule has 0 saturated carbocycles. The maximum absolute atomic E-state index is 4.44. The molecule has 0 N–H and O–H groups in total. The highest BCUT2D eigenvalue weighted by atomic mass is 79.9. The van der Waals surface area contributed by atoms with Crippen molar-refractivity contribution in [3.8, 4) is 22.5 Å². The minimum Gasteiger partial charge on any atom is -0.219 e. The first-order valence-corrected chi connectivity index (χ1v) is 8.88. The van der Waals surface area contributed by atoms with E-state index in [-0.39, 0.29) is 0 Å². The van der Waals surface area contributed by atoms with Crippen LogP contribution in [0.4, 0.5) is 0 Å². The van der Waals surface area contributed by atoms with Gasteiger partial charge in [-0.25, -0.2) is 15.0 Å². The number of benzene rings is 3. The van der Waals surface area contributed by atoms with Crippen molar-refractivity contribution in [3.05, 3.63) is 76.8 Å². The first-order valence-electron chi connectivity index (χ1n) is 8.09. The van der Waals surface area contributed by atoms with E-state index in [0.717, 1.165) is 27.2 Å². The molecule has 0 unspecified atom stereocenters. The summed E-state index contributed by atoms with van der Waals surface area (Å²) in [5.41, 5.74) is 3.36. The van der Waals surface area contributed by atoms with Crippen LogP contribution in [0.3, 0.4) is 0 Å². The summed E-state index contributed by atoms with van der Waals surface area (Å²) in [6.45, 7) is 3.78. The zero-order valence-corrected chi connectivity index (χ0v) is 15.6. The Morgan fingerprint density at radius 3 is 2.04 bits per heavy atom. The van der Waals surface area contributed by atoms with Gasteiger partial charge in [-0.15, -0.1) is 0 Å². The van der Waals surface area contributed by atoms with Crippen LogP contribution < -0.4 is 0 Å². The summed E-state index contributed by atoms with van der Waals surface area (Å²) in [6.07, 6.45) is 0. The number of nitrogens with zero attached hydrogens (tertiary/aromatic N) is 3. The van der Waals surface area contributed by atoms with E-state index in [4.69, 9.17) is 0 Å². The summed E-state index contributed by atoms with van der Waals surface area (Å²) < 4.78 is 1.09. The molecular formula is C21H16BrN3. The topological polar surface area (TPSA) is 38.7 Å². The van der Waals surface area contributed by atoms with E-state index in [2.05, 4.69) is 91.5 Å². The molecule has 0 aliphatic carbocycles. The van der Waals surface area contributed by atoms with Crippen LogP contribution in [0.5, 0.6) is 0 Å². The fourth-order valence-electron chi connectivity index (χ4n) is 3.07. The molecule has 25 heavy (non-hydrogen) atoms. The average Bonchev–Trinajstić information content (AvgIpc) is 2.61. The first-order chi connectivity index (χ1) is 12.1. The number of fused-ring (bicyclic) bond motifs is 1. The molecule has 4 heteroatoms. The summed E-state index contributed by atoms with van der Waals surface area (Å²) >= 11 is 3.70. The SMILES string of the molecule is Cc1nc(C)nc(-c2ccc(-c3c(Br)ccc4ccccc34)cc2)n1. The van der Waals surface area contributed by atoms with E-state index in [1.54, 1.807) is 0 Å². The van der Waals surface area contributed by atoms with Crippen LogP contribution >= 0.6 is 15.9 Å². The van der Waals surface area contributed by atoms with Gasteiger partial charge in [0.15, 0.2) is 5.82 Å². The number of halogens is 1. The lowest BCUT2D eigenvalue weighted by atomic mass is 9.97. The number of rotatable bonds is 2. The second-order valence-electron chi connectivity index (χ2n) is 5.97. The maximum atomic E-state index is 4.44. The van der Waals surface area contributed by atoms with Gasteiger partial charge < -0.3 is 0 Å². The third kappa shape index (κ3) is 3.05. The zero-order chi connectivity index (χ0) is 17.4. The van der Waals surface area contributed by atoms with Gasteiger partial charge >= 0.3 is 0 Å². The Bertz CT molecular complexity index is 1050. The van der Waals surface area contributed by atoms with Crippen LogP contribution in [0.2, 0.25) is 0 Å². The summed E-state index contributed by atoms with van der Waals surface area (Å²) in [4.78, 5) is 13.1. The molecule has 3 nitrogen and oxygen atoms in total. The molecule has 0 fully saturated rings. The van der Waals surface area contributed by atoms with Crippen molar-refractivity contribution in [2.45, 2.75) is 13.8 Å². The van der Waals surface area contributed by atoms with Gasteiger partial charge in [0.1, 0.15) is 11.6 Å². The number of hydrogen-bond acceptors (Lipinski definition) is 3. The first kappa shape index (κ1) is 15.9. The number of aromatic nitrogens is 3. The summed E-state index contributed by atoms with van der Waals surface area (Å²) in [5, 5.41) is 2.46. The van der Waals surface area contributed by atoms with Crippen molar-refractivity contribution in [2.24, 2.45) is 0 Å². The lowest BCUT2D eigenvalue weighted by Gasteiger charge is -2.10. The molecule has 4 aromatic rings. The monoisotopic (exact) mass is 389 g/mol. The molecule has 1 heterocycles. The van der Waals surface area contributed by atoms with Crippen molar-refractivity contribution >= 4 is 26.7 Å². The molecule has 0 amide bonds. The minimum atomic E-state index is 0.716. The highest BCUT2D eigenvalue weighted by molar-refractivity contribution is 9.10. The molecule has 3 aromatic carbocycles. The van der Waals surface area contributed by atoms with Gasteiger partial charge in [-0.2, -0.15) is 0 Å². The Morgan fingerprint density at radius 2 is 1.32 bits per heavy atom. The Labute approximate surface area is 154 Å². The lowest BCUT2D eigenvalue weighted by Crippen LogP contribution is -1.98. The molecule has 0 radical (unpaired) electrons. The highest BCUT2D eigenvalue weighted by Crippen LogP contribution is 2.36. The van der Waals surface area contributed by atoms with E-state index in [1.807, 2.05) is 13.8 Å². The molecule has 0 saturated heterocycles. The Balaban J connectivity index is 1.82. The molecule has 0 bridgehead atoms. The summed E-state index contributed by atoms with van der Waals surface area (Å²) in [7, 11) is 0. The quantitative estimate of drug-likeness (QED) is 0.438. The van der Waals surface area contributed by atoms with E-state index < -0.39 is 0 Å². The molecule has 0 spiro atoms. The standard InChI is InChI=1S/C21H16BrN3/c1-13-23-14(2)25-21(24-13)17-9-7-16(8-10-17)20-18-6-4-3-5-15(18)11-12-19(20)22/h3-12H,1-2H3. The second kappa shape index (κ2) is 6.37. The van der Waals surface area contributed by atoms with E-state index in [9.17, 15) is 0 Å². The van der Waals surface area contributed by atoms with E-state index >= 15 is 0 Å². The number of aryl methyl sites for hydroxylation is 2. The third-order valence-corrected chi connectivity index (χ3v) is 4.83. The summed E-state index contributed by atoms with van der Waals surface area (Å²) in [5.74, 6) is 2.19. The average molecular weight is 390 g/mol. The minimum absolute atomic E-state index is 0.716. The molecule has 0 atom stereocenters. The largest absolute Gasteiger partial charge is 0.219 e. The van der Waals surface area contributed by atoms with Crippen LogP contribution in [0.25, 0.3) is 33.3 Å². The van der Waals surface area contributed by atoms with Crippen LogP contribution in [-0.4, -0.2) is 15.0 Å². The molecular weight excluding hydrogens is 374 g/mol. The third-order valence-electron chi connectivity index (χ3n) is 4.17. The fourth-order valence-corrected chi connectivity index (χ4v) is 3.64. The van der Waals surface area contributed by atoms with Crippen LogP contribution in [0.15, 0.2) is 65.1 Å². The van der Waals surface area contributed by atoms with Gasteiger partial charge in [0.25, 0.3) is 0 Å². The molecule has 1 aromatic heterocycles. The van der Waals surface area contributed by atoms with Crippen molar-refractivity contribution in [2.75, 3.05) is 0 Å². The van der Waals surface area contributed by atoms with Crippen molar-refractivity contribution in [1.82, 2.24) is 15.0 Å². The van der Waals surface area contributed by atoms with Gasteiger partial charge in [0, 0.05) is 15.6 Å². The van der Waals surface area contributed by atoms with Crippen molar-refractivity contribution in [3.63, 3.8) is 0 Å². The van der Waals surface area contributed by atoms with Crippen molar-refractivity contribution in [1.29, 1.82) is 0 Å². The smallest absolute Gasteiger partial charge is 0.163 e. The van der Waals surface area contributed by atoms with Gasteiger partial charge in [0.2, 0.25) is 0 Å². The Kier molecular flexibility index (Phi) is 4.06. The van der Waals surface area contributed by atoms with Gasteiger partial charge in [-0.05, 0) is 36.2 Å². The molecule has 0 aliphatic rings. The summed E-state index contributed by atoms with van der Waals surface area (Å²) in [6, 6.07) is 21.0. The second-order valence-corrected chi connectivity index (χ2v) is 6.83. The van der Waals surface area contributed by atoms with Crippen LogP contribution in [0, 0.1) is 13.8 Å². The van der Waals surface area contributed by atoms with Crippen LogP contribution in [-0.2, 0) is 0 Å². The Morgan fingerprint density at radius 1 is 0.680 bits per heavy atom. The fraction of sp³-hybridized carbons (Fsp3) is 0.0952. The predicted molar refractivity (Wildman–Crippen MR) is 105 cm³/mol. The highest BCUT2D eigenvalue weighted by Gasteiger charge is 2.10. The van der Waals surface area contributed by atoms with Gasteiger partial charge in [-0.3, -0.25) is 0 Å². The molecule has 4 rings (SSSR count). The normalized spacial score (nSPS) is 11.0. The van der Waals surface area contributed by atoms with Crippen LogP contribution in [0.1, 0.15) is 11.6 Å². The number of hydrogen-bond donors (Lipinski definition) is 0. The van der Waals surface area contributed by atoms with E-state index in [0.29, 0.717) is 5.82 Å². The maximum Gasteiger partial charge on any atom is 0.163 e. The zero-order valence-electron chi connectivity index (χ0n) is 14.0. The Hall–Kier alpha value is -2.59. The lowest BCUT2D eigenvalue weighted by molar-refractivity contribution is 0.928. The van der Waals surface area contributed by atoms with Gasteiger partial charge in [-0.1, -0.05) is 70.5 Å². The predicted octanol–water partition coefficient (Wildman–Crippen LogP) is 5.74. The molecule has 122 valence electrons. The van der Waals surface area contributed by atoms with Crippen molar-refractivity contribution < 1.29 is 0 Å².